The fourth-order valence-corrected chi connectivity index (χ4v) is 3.46. The van der Waals surface area contributed by atoms with Gasteiger partial charge in [-0.15, -0.1) is 0 Å². The molecule has 0 saturated heterocycles. The fraction of sp³-hybridized carbons (Fsp3) is 0.240. The molecule has 0 aliphatic rings. The SMILES string of the molecule is COc1ccc(CCc2cc(C(=O)O)cc(-c3cc(OC)c(OC)c(OC)c3)c2)cc1. The van der Waals surface area contributed by atoms with Gasteiger partial charge in [0.25, 0.3) is 0 Å². The van der Waals surface area contributed by atoms with Crippen molar-refractivity contribution in [2.24, 2.45) is 0 Å². The van der Waals surface area contributed by atoms with E-state index in [2.05, 4.69) is 0 Å². The van der Waals surface area contributed by atoms with E-state index in [1.807, 2.05) is 42.5 Å². The van der Waals surface area contributed by atoms with Gasteiger partial charge in [0, 0.05) is 0 Å². The van der Waals surface area contributed by atoms with Gasteiger partial charge in [-0.2, -0.15) is 0 Å². The van der Waals surface area contributed by atoms with Crippen LogP contribution in [0, 0.1) is 0 Å². The summed E-state index contributed by atoms with van der Waals surface area (Å²) in [6, 6.07) is 16.9. The van der Waals surface area contributed by atoms with Gasteiger partial charge < -0.3 is 24.1 Å². The number of hydrogen-bond acceptors (Lipinski definition) is 5. The Morgan fingerprint density at radius 2 is 1.29 bits per heavy atom. The molecule has 0 unspecified atom stereocenters. The van der Waals surface area contributed by atoms with Crippen LogP contribution in [0.5, 0.6) is 23.0 Å². The van der Waals surface area contributed by atoms with Crippen LogP contribution in [-0.2, 0) is 12.8 Å². The lowest BCUT2D eigenvalue weighted by Gasteiger charge is -2.15. The predicted octanol–water partition coefficient (Wildman–Crippen LogP) is 4.87. The molecule has 0 aromatic heterocycles. The molecule has 6 nitrogen and oxygen atoms in total. The number of hydrogen-bond donors (Lipinski definition) is 1. The highest BCUT2D eigenvalue weighted by atomic mass is 16.5. The Labute approximate surface area is 182 Å². The van der Waals surface area contributed by atoms with E-state index in [0.29, 0.717) is 23.7 Å². The summed E-state index contributed by atoms with van der Waals surface area (Å²) in [6.07, 6.45) is 1.48. The van der Waals surface area contributed by atoms with Crippen LogP contribution in [0.15, 0.2) is 54.6 Å². The van der Waals surface area contributed by atoms with Gasteiger partial charge in [0.05, 0.1) is 34.0 Å². The fourth-order valence-electron chi connectivity index (χ4n) is 3.46. The Hall–Kier alpha value is -3.67. The number of rotatable bonds is 9. The molecule has 0 fully saturated rings. The first-order valence-corrected chi connectivity index (χ1v) is 9.79. The van der Waals surface area contributed by atoms with E-state index in [0.717, 1.165) is 34.4 Å². The van der Waals surface area contributed by atoms with Crippen LogP contribution in [0.4, 0.5) is 0 Å². The maximum absolute atomic E-state index is 11.7. The quantitative estimate of drug-likeness (QED) is 0.530. The van der Waals surface area contributed by atoms with Gasteiger partial charge in [-0.3, -0.25) is 0 Å². The first-order chi connectivity index (χ1) is 15.0. The molecule has 0 radical (unpaired) electrons. The van der Waals surface area contributed by atoms with Crippen molar-refractivity contribution in [1.29, 1.82) is 0 Å². The van der Waals surface area contributed by atoms with Crippen molar-refractivity contribution in [3.8, 4) is 34.1 Å². The number of aryl methyl sites for hydroxylation is 2. The Morgan fingerprint density at radius 3 is 1.81 bits per heavy atom. The van der Waals surface area contributed by atoms with Gasteiger partial charge in [-0.1, -0.05) is 18.2 Å². The molecule has 0 atom stereocenters. The molecule has 6 heteroatoms. The summed E-state index contributed by atoms with van der Waals surface area (Å²) in [6.45, 7) is 0. The Bertz CT molecular complexity index is 1030. The standard InChI is InChI=1S/C25H26O6/c1-28-21-9-7-16(8-10-21)5-6-17-11-18(13-20(12-17)25(26)27)19-14-22(29-2)24(31-4)23(15-19)30-3/h7-15H,5-6H2,1-4H3,(H,26,27). The molecule has 1 N–H and O–H groups in total. The first-order valence-electron chi connectivity index (χ1n) is 9.79. The van der Waals surface area contributed by atoms with Crippen molar-refractivity contribution in [2.45, 2.75) is 12.8 Å². The number of carboxylic acids is 1. The van der Waals surface area contributed by atoms with E-state index in [1.165, 1.54) is 0 Å². The van der Waals surface area contributed by atoms with Gasteiger partial charge in [-0.05, 0) is 71.5 Å². The summed E-state index contributed by atoms with van der Waals surface area (Å²) in [5.74, 6) is 1.35. The van der Waals surface area contributed by atoms with Crippen LogP contribution in [0.25, 0.3) is 11.1 Å². The second-order valence-corrected chi connectivity index (χ2v) is 6.99. The number of methoxy groups -OCH3 is 4. The predicted molar refractivity (Wildman–Crippen MR) is 119 cm³/mol. The van der Waals surface area contributed by atoms with Crippen molar-refractivity contribution in [3.63, 3.8) is 0 Å². The first kappa shape index (κ1) is 22.0. The maximum atomic E-state index is 11.7. The topological polar surface area (TPSA) is 74.2 Å². The average molecular weight is 422 g/mol. The summed E-state index contributed by atoms with van der Waals surface area (Å²) in [5.41, 5.74) is 3.86. The Kier molecular flexibility index (Phi) is 7.03. The van der Waals surface area contributed by atoms with Crippen LogP contribution in [0.1, 0.15) is 21.5 Å². The number of benzene rings is 3. The third-order valence-corrected chi connectivity index (χ3v) is 5.10. The van der Waals surface area contributed by atoms with Gasteiger partial charge in [0.1, 0.15) is 5.75 Å². The van der Waals surface area contributed by atoms with E-state index >= 15 is 0 Å². The molecule has 3 rings (SSSR count). The lowest BCUT2D eigenvalue weighted by atomic mass is 9.96. The largest absolute Gasteiger partial charge is 0.497 e. The number of ether oxygens (including phenoxy) is 4. The molecule has 0 heterocycles. The van der Waals surface area contributed by atoms with Gasteiger partial charge in [0.2, 0.25) is 5.75 Å². The zero-order chi connectivity index (χ0) is 22.4. The molecule has 0 bridgehead atoms. The number of carbonyl (C=O) groups is 1. The van der Waals surface area contributed by atoms with Crippen molar-refractivity contribution >= 4 is 5.97 Å². The van der Waals surface area contributed by atoms with Crippen LogP contribution in [0.2, 0.25) is 0 Å². The summed E-state index contributed by atoms with van der Waals surface area (Å²) in [4.78, 5) is 11.7. The summed E-state index contributed by atoms with van der Waals surface area (Å²) >= 11 is 0. The molecule has 31 heavy (non-hydrogen) atoms. The van der Waals surface area contributed by atoms with E-state index in [4.69, 9.17) is 18.9 Å². The second kappa shape index (κ2) is 9.89. The molecule has 0 spiro atoms. The Balaban J connectivity index is 1.97. The molecule has 0 saturated carbocycles. The molecular formula is C25H26O6. The lowest BCUT2D eigenvalue weighted by molar-refractivity contribution is 0.0697. The monoisotopic (exact) mass is 422 g/mol. The van der Waals surface area contributed by atoms with Gasteiger partial charge >= 0.3 is 5.97 Å². The zero-order valence-corrected chi connectivity index (χ0v) is 18.1. The molecule has 0 aliphatic heterocycles. The third-order valence-electron chi connectivity index (χ3n) is 5.10. The van der Waals surface area contributed by atoms with Crippen molar-refractivity contribution < 1.29 is 28.8 Å². The highest BCUT2D eigenvalue weighted by Gasteiger charge is 2.16. The van der Waals surface area contributed by atoms with E-state index in [1.54, 1.807) is 40.6 Å². The average Bonchev–Trinajstić information content (AvgIpc) is 2.81. The summed E-state index contributed by atoms with van der Waals surface area (Å²) < 4.78 is 21.5. The van der Waals surface area contributed by atoms with Crippen LogP contribution in [-0.4, -0.2) is 39.5 Å². The highest BCUT2D eigenvalue weighted by Crippen LogP contribution is 2.41. The zero-order valence-electron chi connectivity index (χ0n) is 18.1. The van der Waals surface area contributed by atoms with Crippen molar-refractivity contribution in [3.05, 3.63) is 71.3 Å². The maximum Gasteiger partial charge on any atom is 0.335 e. The molecule has 0 amide bonds. The van der Waals surface area contributed by atoms with E-state index < -0.39 is 5.97 Å². The molecule has 0 aliphatic carbocycles. The van der Waals surface area contributed by atoms with Crippen LogP contribution < -0.4 is 18.9 Å². The minimum Gasteiger partial charge on any atom is -0.497 e. The normalized spacial score (nSPS) is 10.5. The lowest BCUT2D eigenvalue weighted by Crippen LogP contribution is -2.01. The van der Waals surface area contributed by atoms with Crippen LogP contribution >= 0.6 is 0 Å². The molecular weight excluding hydrogens is 396 g/mol. The Morgan fingerprint density at radius 1 is 0.710 bits per heavy atom. The van der Waals surface area contributed by atoms with Gasteiger partial charge in [0.15, 0.2) is 11.5 Å². The molecule has 3 aromatic carbocycles. The molecule has 3 aromatic rings. The summed E-state index contributed by atoms with van der Waals surface area (Å²) in [7, 11) is 6.28. The van der Waals surface area contributed by atoms with Crippen LogP contribution in [0.3, 0.4) is 0 Å². The number of carboxylic acid groups (broad SMARTS) is 1. The third kappa shape index (κ3) is 5.09. The van der Waals surface area contributed by atoms with E-state index in [-0.39, 0.29) is 5.56 Å². The smallest absolute Gasteiger partial charge is 0.335 e. The minimum atomic E-state index is -0.972. The van der Waals surface area contributed by atoms with Crippen molar-refractivity contribution in [1.82, 2.24) is 0 Å². The van der Waals surface area contributed by atoms with Gasteiger partial charge in [-0.25, -0.2) is 4.79 Å². The van der Waals surface area contributed by atoms with E-state index in [9.17, 15) is 9.90 Å². The second-order valence-electron chi connectivity index (χ2n) is 6.99. The minimum absolute atomic E-state index is 0.232. The summed E-state index contributed by atoms with van der Waals surface area (Å²) in [5, 5.41) is 9.62. The molecule has 162 valence electrons. The number of aromatic carboxylic acids is 1. The highest BCUT2D eigenvalue weighted by molar-refractivity contribution is 5.90. The van der Waals surface area contributed by atoms with Crippen molar-refractivity contribution in [2.75, 3.05) is 28.4 Å².